The van der Waals surface area contributed by atoms with E-state index < -0.39 is 10.0 Å². The van der Waals surface area contributed by atoms with Gasteiger partial charge in [-0.3, -0.25) is 9.48 Å². The van der Waals surface area contributed by atoms with Gasteiger partial charge in [0.2, 0.25) is 10.0 Å². The van der Waals surface area contributed by atoms with Crippen molar-refractivity contribution < 1.29 is 13.2 Å². The van der Waals surface area contributed by atoms with Gasteiger partial charge in [-0.25, -0.2) is 8.42 Å². The first-order valence-corrected chi connectivity index (χ1v) is 12.3. The third-order valence-electron chi connectivity index (χ3n) is 5.83. The van der Waals surface area contributed by atoms with Crippen molar-refractivity contribution in [3.8, 4) is 0 Å². The maximum atomic E-state index is 13.1. The number of carbonyl (C=O) groups is 1. The van der Waals surface area contributed by atoms with Crippen LogP contribution in [0.25, 0.3) is 0 Å². The Balaban J connectivity index is 1.50. The Morgan fingerprint density at radius 3 is 2.50 bits per heavy atom. The second-order valence-electron chi connectivity index (χ2n) is 8.10. The van der Waals surface area contributed by atoms with E-state index in [1.807, 2.05) is 41.2 Å². The summed E-state index contributed by atoms with van der Waals surface area (Å²) in [6, 6.07) is 14.6. The molecule has 0 unspecified atom stereocenters. The summed E-state index contributed by atoms with van der Waals surface area (Å²) in [5.41, 5.74) is 3.05. The largest absolute Gasteiger partial charge is 0.348 e. The molecule has 7 nitrogen and oxygen atoms in total. The van der Waals surface area contributed by atoms with E-state index in [0.717, 1.165) is 30.4 Å². The molecular formula is C24H28N4O3S. The average molecular weight is 453 g/mol. The minimum Gasteiger partial charge on any atom is -0.348 e. The summed E-state index contributed by atoms with van der Waals surface area (Å²) in [4.78, 5) is 13.1. The zero-order chi connectivity index (χ0) is 22.6. The molecule has 0 aliphatic carbocycles. The molecule has 4 rings (SSSR count). The molecule has 1 aromatic heterocycles. The highest BCUT2D eigenvalue weighted by Crippen LogP contribution is 2.24. The number of amides is 1. The number of sulfonamides is 1. The monoisotopic (exact) mass is 452 g/mol. The highest BCUT2D eigenvalue weighted by Gasteiger charge is 2.28. The lowest BCUT2D eigenvalue weighted by Crippen LogP contribution is -2.36. The second kappa shape index (κ2) is 9.67. The Kier molecular flexibility index (Phi) is 6.72. The molecule has 3 aromatic rings. The molecule has 0 bridgehead atoms. The minimum atomic E-state index is -3.61. The summed E-state index contributed by atoms with van der Waals surface area (Å²) in [6.07, 6.45) is 6.42. The summed E-state index contributed by atoms with van der Waals surface area (Å²) in [5.74, 6) is -0.297. The molecule has 0 saturated carbocycles. The van der Waals surface area contributed by atoms with Crippen LogP contribution >= 0.6 is 0 Å². The Hall–Kier alpha value is -2.97. The number of hydrogen-bond donors (Lipinski definition) is 1. The highest BCUT2D eigenvalue weighted by molar-refractivity contribution is 7.89. The molecular weight excluding hydrogens is 424 g/mol. The number of rotatable bonds is 7. The van der Waals surface area contributed by atoms with Gasteiger partial charge in [0, 0.05) is 37.6 Å². The maximum absolute atomic E-state index is 13.1. The molecule has 1 N–H and O–H groups in total. The number of aromatic nitrogens is 2. The quantitative estimate of drug-likeness (QED) is 0.596. The van der Waals surface area contributed by atoms with Crippen LogP contribution in [-0.2, 0) is 23.1 Å². The Bertz CT molecular complexity index is 1180. The summed E-state index contributed by atoms with van der Waals surface area (Å²) < 4.78 is 29.7. The van der Waals surface area contributed by atoms with E-state index in [4.69, 9.17) is 0 Å². The van der Waals surface area contributed by atoms with Crippen molar-refractivity contribution in [1.82, 2.24) is 19.4 Å². The van der Waals surface area contributed by atoms with Gasteiger partial charge >= 0.3 is 0 Å². The predicted molar refractivity (Wildman–Crippen MR) is 123 cm³/mol. The Morgan fingerprint density at radius 2 is 1.78 bits per heavy atom. The Labute approximate surface area is 189 Å². The van der Waals surface area contributed by atoms with E-state index in [9.17, 15) is 13.2 Å². The van der Waals surface area contributed by atoms with E-state index in [-0.39, 0.29) is 10.8 Å². The van der Waals surface area contributed by atoms with Gasteiger partial charge < -0.3 is 5.32 Å². The number of aryl methyl sites for hydroxylation is 1. The van der Waals surface area contributed by atoms with Crippen LogP contribution in [0.15, 0.2) is 65.8 Å². The van der Waals surface area contributed by atoms with Crippen molar-refractivity contribution in [1.29, 1.82) is 0 Å². The maximum Gasteiger partial charge on any atom is 0.251 e. The predicted octanol–water partition coefficient (Wildman–Crippen LogP) is 3.34. The molecule has 1 amide bonds. The van der Waals surface area contributed by atoms with Gasteiger partial charge in [-0.15, -0.1) is 0 Å². The smallest absolute Gasteiger partial charge is 0.251 e. The zero-order valence-corrected chi connectivity index (χ0v) is 19.0. The van der Waals surface area contributed by atoms with Crippen LogP contribution in [0.1, 0.15) is 46.3 Å². The third kappa shape index (κ3) is 4.92. The average Bonchev–Trinajstić information content (AvgIpc) is 3.32. The standard InChI is InChI=1S/C24H28N4O3S/c1-19-10-11-20(16-23(19)32(30,31)28-14-5-2-6-15-28)24(29)25-17-21-8-3-4-9-22(21)18-27-13-7-12-26-27/h3-4,7-13,16H,2,5-6,14-15,17-18H2,1H3,(H,25,29). The van der Waals surface area contributed by atoms with Gasteiger partial charge in [-0.2, -0.15) is 9.40 Å². The number of nitrogens with zero attached hydrogens (tertiary/aromatic N) is 3. The molecule has 32 heavy (non-hydrogen) atoms. The molecule has 8 heteroatoms. The van der Waals surface area contributed by atoms with E-state index in [0.29, 0.717) is 37.3 Å². The molecule has 0 atom stereocenters. The number of nitrogens with one attached hydrogen (secondary N) is 1. The minimum absolute atomic E-state index is 0.214. The van der Waals surface area contributed by atoms with Crippen LogP contribution in [0.2, 0.25) is 0 Å². The van der Waals surface area contributed by atoms with Crippen molar-refractivity contribution >= 4 is 15.9 Å². The molecule has 1 fully saturated rings. The molecule has 1 saturated heterocycles. The SMILES string of the molecule is Cc1ccc(C(=O)NCc2ccccc2Cn2cccn2)cc1S(=O)(=O)N1CCCCC1. The fraction of sp³-hybridized carbons (Fsp3) is 0.333. The number of carbonyl (C=O) groups excluding carboxylic acids is 1. The molecule has 1 aliphatic rings. The van der Waals surface area contributed by atoms with Crippen molar-refractivity contribution in [3.63, 3.8) is 0 Å². The lowest BCUT2D eigenvalue weighted by molar-refractivity contribution is 0.0950. The fourth-order valence-corrected chi connectivity index (χ4v) is 5.76. The first kappa shape index (κ1) is 22.2. The van der Waals surface area contributed by atoms with Gasteiger partial charge in [0.15, 0.2) is 0 Å². The van der Waals surface area contributed by atoms with E-state index in [1.165, 1.54) is 10.4 Å². The molecule has 168 valence electrons. The van der Waals surface area contributed by atoms with Crippen LogP contribution < -0.4 is 5.32 Å². The molecule has 0 radical (unpaired) electrons. The lowest BCUT2D eigenvalue weighted by atomic mass is 10.1. The fourth-order valence-electron chi connectivity index (χ4n) is 3.99. The van der Waals surface area contributed by atoms with Crippen molar-refractivity contribution in [2.24, 2.45) is 0 Å². The molecule has 0 spiro atoms. The third-order valence-corrected chi connectivity index (χ3v) is 7.87. The van der Waals surface area contributed by atoms with Crippen molar-refractivity contribution in [2.75, 3.05) is 13.1 Å². The first-order valence-electron chi connectivity index (χ1n) is 10.9. The topological polar surface area (TPSA) is 84.3 Å². The van der Waals surface area contributed by atoms with Gasteiger partial charge in [-0.1, -0.05) is 36.8 Å². The molecule has 1 aliphatic heterocycles. The summed E-state index contributed by atoms with van der Waals surface area (Å²) in [6.45, 7) is 3.79. The van der Waals surface area contributed by atoms with Crippen LogP contribution in [-0.4, -0.2) is 41.5 Å². The highest BCUT2D eigenvalue weighted by atomic mass is 32.2. The van der Waals surface area contributed by atoms with Crippen LogP contribution in [0.3, 0.4) is 0 Å². The first-order chi connectivity index (χ1) is 15.4. The van der Waals surface area contributed by atoms with E-state index in [2.05, 4.69) is 10.4 Å². The van der Waals surface area contributed by atoms with Gasteiger partial charge in [0.05, 0.1) is 11.4 Å². The number of piperidine rings is 1. The summed E-state index contributed by atoms with van der Waals surface area (Å²) in [7, 11) is -3.61. The van der Waals surface area contributed by atoms with E-state index >= 15 is 0 Å². The summed E-state index contributed by atoms with van der Waals surface area (Å²) >= 11 is 0. The van der Waals surface area contributed by atoms with Gasteiger partial charge in [0.1, 0.15) is 0 Å². The summed E-state index contributed by atoms with van der Waals surface area (Å²) in [5, 5.41) is 7.18. The second-order valence-corrected chi connectivity index (χ2v) is 10.0. The van der Waals surface area contributed by atoms with Gasteiger partial charge in [-0.05, 0) is 54.7 Å². The number of benzene rings is 2. The molecule has 2 aromatic carbocycles. The van der Waals surface area contributed by atoms with Crippen LogP contribution in [0.5, 0.6) is 0 Å². The van der Waals surface area contributed by atoms with E-state index in [1.54, 1.807) is 25.3 Å². The Morgan fingerprint density at radius 1 is 1.03 bits per heavy atom. The normalized spacial score (nSPS) is 14.9. The lowest BCUT2D eigenvalue weighted by Gasteiger charge is -2.26. The van der Waals surface area contributed by atoms with Crippen molar-refractivity contribution in [3.05, 3.63) is 83.2 Å². The zero-order valence-electron chi connectivity index (χ0n) is 18.2. The van der Waals surface area contributed by atoms with Crippen molar-refractivity contribution in [2.45, 2.75) is 44.2 Å². The molecule has 2 heterocycles. The van der Waals surface area contributed by atoms with Crippen LogP contribution in [0.4, 0.5) is 0 Å². The van der Waals surface area contributed by atoms with Gasteiger partial charge in [0.25, 0.3) is 5.91 Å². The number of hydrogen-bond acceptors (Lipinski definition) is 4. The van der Waals surface area contributed by atoms with Crippen LogP contribution in [0, 0.1) is 6.92 Å².